The van der Waals surface area contributed by atoms with Crippen LogP contribution < -0.4 is 9.47 Å². The number of aliphatic hydroxyl groups is 1. The van der Waals surface area contributed by atoms with E-state index in [9.17, 15) is 9.59 Å². The molecular formula is C29H33ClN2O7. The zero-order valence-corrected chi connectivity index (χ0v) is 23.2. The first-order valence-electron chi connectivity index (χ1n) is 12.6. The Morgan fingerprint density at radius 2 is 1.85 bits per heavy atom. The molecule has 1 amide bonds. The molecule has 0 spiro atoms. The maximum Gasteiger partial charge on any atom is 0.312 e. The number of nitrogens with zero attached hydrogens (tertiary/aromatic N) is 2. The Morgan fingerprint density at radius 1 is 1.08 bits per heavy atom. The first kappa shape index (κ1) is 28.5. The van der Waals surface area contributed by atoms with Crippen molar-refractivity contribution in [3.63, 3.8) is 0 Å². The first-order chi connectivity index (χ1) is 18.8. The monoisotopic (exact) mass is 556 g/mol. The molecule has 2 unspecified atom stereocenters. The average molecular weight is 557 g/mol. The molecule has 39 heavy (non-hydrogen) atoms. The van der Waals surface area contributed by atoms with E-state index in [1.807, 2.05) is 48.7 Å². The van der Waals surface area contributed by atoms with E-state index in [-0.39, 0.29) is 30.3 Å². The van der Waals surface area contributed by atoms with Crippen molar-refractivity contribution < 1.29 is 33.6 Å². The van der Waals surface area contributed by atoms with E-state index in [0.717, 1.165) is 22.5 Å². The van der Waals surface area contributed by atoms with Crippen molar-refractivity contribution in [3.05, 3.63) is 76.6 Å². The minimum absolute atomic E-state index is 0.111. The highest BCUT2D eigenvalue weighted by Crippen LogP contribution is 2.43. The molecule has 9 nitrogen and oxygen atoms in total. The normalized spacial score (nSPS) is 16.9. The lowest BCUT2D eigenvalue weighted by Gasteiger charge is -2.37. The van der Waals surface area contributed by atoms with Gasteiger partial charge in [0.2, 0.25) is 5.91 Å². The molecule has 3 aromatic rings. The highest BCUT2D eigenvalue weighted by molar-refractivity contribution is 6.30. The van der Waals surface area contributed by atoms with Crippen molar-refractivity contribution in [1.29, 1.82) is 0 Å². The molecule has 1 aromatic heterocycles. The van der Waals surface area contributed by atoms with Crippen molar-refractivity contribution in [2.45, 2.75) is 32.2 Å². The van der Waals surface area contributed by atoms with Crippen LogP contribution in [-0.4, -0.2) is 67.0 Å². The molecule has 0 bridgehead atoms. The van der Waals surface area contributed by atoms with Gasteiger partial charge in [0.05, 0.1) is 52.1 Å². The molecular weight excluding hydrogens is 524 g/mol. The van der Waals surface area contributed by atoms with Crippen LogP contribution in [0.3, 0.4) is 0 Å². The minimum atomic E-state index is -0.625. The van der Waals surface area contributed by atoms with E-state index in [1.54, 1.807) is 26.0 Å². The van der Waals surface area contributed by atoms with Crippen molar-refractivity contribution in [2.75, 3.05) is 34.4 Å². The fraction of sp³-hybridized carbons (Fsp3) is 0.379. The van der Waals surface area contributed by atoms with Gasteiger partial charge >= 0.3 is 5.97 Å². The van der Waals surface area contributed by atoms with Gasteiger partial charge in [0.15, 0.2) is 11.5 Å². The Labute approximate surface area is 232 Å². The largest absolute Gasteiger partial charge is 0.493 e. The van der Waals surface area contributed by atoms with Gasteiger partial charge in [-0.25, -0.2) is 0 Å². The van der Waals surface area contributed by atoms with E-state index >= 15 is 0 Å². The molecule has 2 atom stereocenters. The van der Waals surface area contributed by atoms with Gasteiger partial charge < -0.3 is 33.5 Å². The Kier molecular flexibility index (Phi) is 9.16. The summed E-state index contributed by atoms with van der Waals surface area (Å²) in [5.74, 6) is 0.785. The summed E-state index contributed by atoms with van der Waals surface area (Å²) in [6, 6.07) is 15.8. The summed E-state index contributed by atoms with van der Waals surface area (Å²) in [6.45, 7) is 2.89. The van der Waals surface area contributed by atoms with E-state index in [4.69, 9.17) is 30.9 Å². The van der Waals surface area contributed by atoms with E-state index in [1.165, 1.54) is 7.11 Å². The Balaban J connectivity index is 0.000000215. The predicted octanol–water partition coefficient (Wildman–Crippen LogP) is 4.16. The number of aromatic nitrogens is 1. The van der Waals surface area contributed by atoms with Crippen molar-refractivity contribution in [2.24, 2.45) is 5.92 Å². The molecule has 2 aromatic carbocycles. The molecule has 10 heteroatoms. The van der Waals surface area contributed by atoms with Gasteiger partial charge in [-0.3, -0.25) is 9.59 Å². The zero-order valence-electron chi connectivity index (χ0n) is 22.4. The van der Waals surface area contributed by atoms with Crippen LogP contribution in [0, 0.1) is 5.92 Å². The van der Waals surface area contributed by atoms with Crippen LogP contribution in [-0.2, 0) is 25.7 Å². The maximum absolute atomic E-state index is 11.3. The van der Waals surface area contributed by atoms with Crippen molar-refractivity contribution in [3.8, 4) is 17.2 Å². The fourth-order valence-electron chi connectivity index (χ4n) is 4.74. The number of aliphatic hydroxyl groups excluding tert-OH is 1. The highest BCUT2D eigenvalue weighted by atomic mass is 35.5. The zero-order chi connectivity index (χ0) is 28.1. The van der Waals surface area contributed by atoms with Gasteiger partial charge in [-0.1, -0.05) is 23.7 Å². The number of rotatable bonds is 6. The SMILES string of the molecule is COC(=O)C1CN(C(=O)CC(C)O)C1.COc1cccc(C2OCc3cccn3-c3ccc(Cl)cc32)c1OC. The predicted molar refractivity (Wildman–Crippen MR) is 145 cm³/mol. The van der Waals surface area contributed by atoms with Crippen molar-refractivity contribution >= 4 is 23.5 Å². The van der Waals surface area contributed by atoms with Gasteiger partial charge in [-0.15, -0.1) is 0 Å². The number of carbonyl (C=O) groups excluding carboxylic acids is 2. The molecule has 208 valence electrons. The van der Waals surface area contributed by atoms with E-state index < -0.39 is 6.10 Å². The summed E-state index contributed by atoms with van der Waals surface area (Å²) in [7, 11) is 4.61. The molecule has 0 aliphatic carbocycles. The second-order valence-electron chi connectivity index (χ2n) is 9.42. The number of carbonyl (C=O) groups is 2. The van der Waals surface area contributed by atoms with Crippen LogP contribution in [0.5, 0.6) is 11.5 Å². The Bertz CT molecular complexity index is 1320. The number of hydrogen-bond acceptors (Lipinski definition) is 7. The fourth-order valence-corrected chi connectivity index (χ4v) is 4.92. The standard InChI is InChI=1S/C20H18ClNO3.C9H15NO4/c1-23-18-7-3-6-15(20(18)24-2)19-16-11-13(21)8-9-17(16)22-10-4-5-14(22)12-25-19;1-6(11)3-8(12)10-4-7(5-10)9(13)14-2/h3-11,19H,12H2,1-2H3;6-7,11H,3-5H2,1-2H3. The third-order valence-corrected chi connectivity index (χ3v) is 6.95. The third kappa shape index (κ3) is 6.21. The lowest BCUT2D eigenvalue weighted by molar-refractivity contribution is -0.156. The van der Waals surface area contributed by atoms with Gasteiger partial charge in [-0.2, -0.15) is 0 Å². The van der Waals surface area contributed by atoms with Crippen molar-refractivity contribution in [1.82, 2.24) is 9.47 Å². The third-order valence-electron chi connectivity index (χ3n) is 6.72. The average Bonchev–Trinajstić information content (AvgIpc) is 3.30. The summed E-state index contributed by atoms with van der Waals surface area (Å²) in [5, 5.41) is 9.64. The molecule has 2 aliphatic rings. The van der Waals surface area contributed by atoms with Gasteiger partial charge in [0.25, 0.3) is 0 Å². The summed E-state index contributed by atoms with van der Waals surface area (Å²) in [4.78, 5) is 23.8. The Morgan fingerprint density at radius 3 is 2.51 bits per heavy atom. The van der Waals surface area contributed by atoms with E-state index in [0.29, 0.717) is 36.2 Å². The number of likely N-dealkylation sites (tertiary alicyclic amines) is 1. The Hall–Kier alpha value is -3.53. The number of hydrogen-bond donors (Lipinski definition) is 1. The number of methoxy groups -OCH3 is 3. The molecule has 2 aliphatic heterocycles. The molecule has 1 fully saturated rings. The van der Waals surface area contributed by atoms with Crippen LogP contribution in [0.4, 0.5) is 0 Å². The van der Waals surface area contributed by atoms with Gasteiger partial charge in [-0.05, 0) is 43.3 Å². The minimum Gasteiger partial charge on any atom is -0.493 e. The van der Waals surface area contributed by atoms with Gasteiger partial charge in [0.1, 0.15) is 6.10 Å². The van der Waals surface area contributed by atoms with E-state index in [2.05, 4.69) is 15.4 Å². The highest BCUT2D eigenvalue weighted by Gasteiger charge is 2.36. The number of esters is 1. The number of para-hydroxylation sites is 1. The number of halogens is 1. The topological polar surface area (TPSA) is 99.5 Å². The molecule has 5 rings (SSSR count). The summed E-state index contributed by atoms with van der Waals surface area (Å²) in [6.07, 6.45) is 1.23. The molecule has 0 radical (unpaired) electrons. The smallest absolute Gasteiger partial charge is 0.312 e. The van der Waals surface area contributed by atoms with Crippen LogP contribution >= 0.6 is 11.6 Å². The van der Waals surface area contributed by atoms with Crippen LogP contribution in [0.2, 0.25) is 5.02 Å². The quantitative estimate of drug-likeness (QED) is 0.455. The summed E-state index contributed by atoms with van der Waals surface area (Å²) >= 11 is 6.30. The van der Waals surface area contributed by atoms with Crippen LogP contribution in [0.25, 0.3) is 5.69 Å². The number of amides is 1. The molecule has 0 saturated carbocycles. The van der Waals surface area contributed by atoms with Gasteiger partial charge in [0, 0.05) is 41.1 Å². The molecule has 1 saturated heterocycles. The number of ether oxygens (including phenoxy) is 4. The maximum atomic E-state index is 11.3. The summed E-state index contributed by atoms with van der Waals surface area (Å²) < 4.78 is 24.0. The number of benzene rings is 2. The lowest BCUT2D eigenvalue weighted by atomic mass is 9.98. The summed E-state index contributed by atoms with van der Waals surface area (Å²) in [5.41, 5.74) is 4.05. The first-order valence-corrected chi connectivity index (χ1v) is 13.0. The second kappa shape index (κ2) is 12.5. The van der Waals surface area contributed by atoms with Crippen LogP contribution in [0.15, 0.2) is 54.7 Å². The molecule has 1 N–H and O–H groups in total. The second-order valence-corrected chi connectivity index (χ2v) is 9.85. The number of fused-ring (bicyclic) bond motifs is 3. The molecule has 3 heterocycles. The van der Waals surface area contributed by atoms with Crippen LogP contribution in [0.1, 0.15) is 36.3 Å². The lowest BCUT2D eigenvalue weighted by Crippen LogP contribution is -2.53.